The third-order valence-electron chi connectivity index (χ3n) is 5.23. The largest absolute Gasteiger partial charge is 0.337 e. The fourth-order valence-electron chi connectivity index (χ4n) is 3.80. The molecule has 0 aliphatic heterocycles. The van der Waals surface area contributed by atoms with E-state index in [-0.39, 0.29) is 5.91 Å². The van der Waals surface area contributed by atoms with Gasteiger partial charge in [0.05, 0.1) is 5.52 Å². The second-order valence-corrected chi connectivity index (χ2v) is 6.96. The molecule has 0 atom stereocenters. The van der Waals surface area contributed by atoms with Gasteiger partial charge in [0, 0.05) is 18.9 Å². The molecule has 0 saturated heterocycles. The van der Waals surface area contributed by atoms with Crippen molar-refractivity contribution in [3.05, 3.63) is 41.7 Å². The van der Waals surface area contributed by atoms with Crippen LogP contribution >= 0.6 is 0 Å². The number of para-hydroxylation sites is 1. The summed E-state index contributed by atoms with van der Waals surface area (Å²) in [5, 5.41) is 12.5. The van der Waals surface area contributed by atoms with Gasteiger partial charge < -0.3 is 9.84 Å². The van der Waals surface area contributed by atoms with Crippen molar-refractivity contribution < 1.29 is 9.32 Å². The average molecular weight is 353 g/mol. The Bertz CT molecular complexity index is 936. The van der Waals surface area contributed by atoms with Crippen LogP contribution in [0.1, 0.15) is 61.2 Å². The van der Waals surface area contributed by atoms with Gasteiger partial charge in [-0.3, -0.25) is 9.48 Å². The lowest BCUT2D eigenvalue weighted by Gasteiger charge is -2.34. The molecule has 2 aromatic heterocycles. The van der Waals surface area contributed by atoms with Crippen LogP contribution < -0.4 is 5.32 Å². The van der Waals surface area contributed by atoms with Gasteiger partial charge in [-0.05, 0) is 18.9 Å². The number of rotatable bonds is 4. The van der Waals surface area contributed by atoms with Crippen molar-refractivity contribution in [2.24, 2.45) is 7.05 Å². The number of fused-ring (bicyclic) bond motifs is 1. The van der Waals surface area contributed by atoms with Crippen molar-refractivity contribution >= 4 is 16.8 Å². The topological polar surface area (TPSA) is 85.8 Å². The average Bonchev–Trinajstić information content (AvgIpc) is 3.28. The first-order chi connectivity index (χ1) is 12.6. The minimum atomic E-state index is -0.603. The van der Waals surface area contributed by atoms with Crippen molar-refractivity contribution in [1.82, 2.24) is 25.2 Å². The van der Waals surface area contributed by atoms with Gasteiger partial charge in [-0.15, -0.1) is 0 Å². The van der Waals surface area contributed by atoms with Crippen molar-refractivity contribution in [3.63, 3.8) is 0 Å². The molecular weight excluding hydrogens is 330 g/mol. The van der Waals surface area contributed by atoms with Gasteiger partial charge in [-0.2, -0.15) is 10.1 Å². The van der Waals surface area contributed by atoms with Crippen molar-refractivity contribution in [2.75, 3.05) is 0 Å². The molecule has 0 unspecified atom stereocenters. The van der Waals surface area contributed by atoms with Gasteiger partial charge in [0.15, 0.2) is 11.5 Å². The molecular formula is C19H23N5O2. The molecule has 0 radical (unpaired) electrons. The maximum absolute atomic E-state index is 13.1. The second kappa shape index (κ2) is 6.55. The van der Waals surface area contributed by atoms with E-state index in [1.165, 1.54) is 0 Å². The molecule has 26 heavy (non-hydrogen) atoms. The zero-order chi connectivity index (χ0) is 18.1. The number of hydrogen-bond acceptors (Lipinski definition) is 5. The minimum absolute atomic E-state index is 0.194. The van der Waals surface area contributed by atoms with E-state index in [9.17, 15) is 4.79 Å². The monoisotopic (exact) mass is 353 g/mol. The van der Waals surface area contributed by atoms with E-state index < -0.39 is 5.54 Å². The first-order valence-electron chi connectivity index (χ1n) is 9.20. The number of nitrogens with one attached hydrogen (secondary N) is 1. The Hall–Kier alpha value is -2.70. The van der Waals surface area contributed by atoms with Gasteiger partial charge in [0.25, 0.3) is 11.8 Å². The van der Waals surface area contributed by atoms with Crippen LogP contribution in [0.15, 0.2) is 28.8 Å². The molecule has 1 aliphatic rings. The number of carbonyl (C=O) groups excluding carboxylic acids is 1. The number of nitrogens with zero attached hydrogens (tertiary/aromatic N) is 4. The normalized spacial score (nSPS) is 16.7. The predicted octanol–water partition coefficient (Wildman–Crippen LogP) is 3.11. The molecule has 1 aromatic carbocycles. The summed E-state index contributed by atoms with van der Waals surface area (Å²) in [4.78, 5) is 17.6. The van der Waals surface area contributed by atoms with Crippen LogP contribution in [0.3, 0.4) is 0 Å². The lowest BCUT2D eigenvalue weighted by atomic mass is 9.81. The van der Waals surface area contributed by atoms with Crippen LogP contribution in [0.25, 0.3) is 10.9 Å². The Morgan fingerprint density at radius 1 is 1.27 bits per heavy atom. The summed E-state index contributed by atoms with van der Waals surface area (Å²) >= 11 is 0. The van der Waals surface area contributed by atoms with Gasteiger partial charge in [-0.1, -0.05) is 49.5 Å². The standard InChI is InChI=1S/C19H23N5O2/c1-3-15-20-18(26-23-15)19(11-7-4-8-12-19)21-17(25)16-13-9-5-6-10-14(13)24(2)22-16/h5-6,9-10H,3-4,7-8,11-12H2,1-2H3,(H,21,25). The summed E-state index contributed by atoms with van der Waals surface area (Å²) in [5.74, 6) is 0.991. The van der Waals surface area contributed by atoms with Gasteiger partial charge in [0.1, 0.15) is 5.54 Å². The smallest absolute Gasteiger partial charge is 0.273 e. The molecule has 136 valence electrons. The van der Waals surface area contributed by atoms with Crippen LogP contribution in [0.2, 0.25) is 0 Å². The third-order valence-corrected chi connectivity index (χ3v) is 5.23. The lowest BCUT2D eigenvalue weighted by Crippen LogP contribution is -2.47. The number of amides is 1. The molecule has 1 saturated carbocycles. The first-order valence-corrected chi connectivity index (χ1v) is 9.20. The SMILES string of the molecule is CCc1noc(C2(NC(=O)c3nn(C)c4ccccc34)CCCCC2)n1. The third kappa shape index (κ3) is 2.77. The van der Waals surface area contributed by atoms with Gasteiger partial charge in [0.2, 0.25) is 0 Å². The van der Waals surface area contributed by atoms with E-state index in [1.54, 1.807) is 4.68 Å². The fourth-order valence-corrected chi connectivity index (χ4v) is 3.80. The highest BCUT2D eigenvalue weighted by Gasteiger charge is 2.41. The molecule has 1 fully saturated rings. The number of aryl methyl sites for hydroxylation is 2. The van der Waals surface area contributed by atoms with Gasteiger partial charge >= 0.3 is 0 Å². The molecule has 7 nitrogen and oxygen atoms in total. The highest BCUT2D eigenvalue weighted by Crippen LogP contribution is 2.37. The van der Waals surface area contributed by atoms with Crippen LogP contribution in [0.5, 0.6) is 0 Å². The van der Waals surface area contributed by atoms with Crippen molar-refractivity contribution in [3.8, 4) is 0 Å². The summed E-state index contributed by atoms with van der Waals surface area (Å²) in [6, 6.07) is 7.75. The number of hydrogen-bond donors (Lipinski definition) is 1. The molecule has 2 heterocycles. The predicted molar refractivity (Wildman–Crippen MR) is 96.6 cm³/mol. The maximum Gasteiger partial charge on any atom is 0.273 e. The second-order valence-electron chi connectivity index (χ2n) is 6.96. The molecule has 4 rings (SSSR count). The van der Waals surface area contributed by atoms with Gasteiger partial charge in [-0.25, -0.2) is 0 Å². The van der Waals surface area contributed by atoms with E-state index >= 15 is 0 Å². The molecule has 1 aliphatic carbocycles. The number of carbonyl (C=O) groups is 1. The van der Waals surface area contributed by atoms with E-state index in [1.807, 2.05) is 38.2 Å². The van der Waals surface area contributed by atoms with E-state index in [0.29, 0.717) is 23.8 Å². The zero-order valence-electron chi connectivity index (χ0n) is 15.2. The number of aromatic nitrogens is 4. The summed E-state index contributed by atoms with van der Waals surface area (Å²) in [6.07, 6.45) is 5.50. The Morgan fingerprint density at radius 3 is 2.77 bits per heavy atom. The lowest BCUT2D eigenvalue weighted by molar-refractivity contribution is 0.0820. The molecule has 3 aromatic rings. The van der Waals surface area contributed by atoms with Crippen molar-refractivity contribution in [1.29, 1.82) is 0 Å². The van der Waals surface area contributed by atoms with Crippen LogP contribution in [0.4, 0.5) is 0 Å². The van der Waals surface area contributed by atoms with Crippen molar-refractivity contribution in [2.45, 2.75) is 51.0 Å². The molecule has 0 bridgehead atoms. The maximum atomic E-state index is 13.1. The molecule has 7 heteroatoms. The van der Waals surface area contributed by atoms with E-state index in [0.717, 1.165) is 43.0 Å². The van der Waals surface area contributed by atoms with Crippen LogP contribution in [-0.4, -0.2) is 25.8 Å². The van der Waals surface area contributed by atoms with Crippen LogP contribution in [-0.2, 0) is 19.0 Å². The zero-order valence-corrected chi connectivity index (χ0v) is 15.2. The van der Waals surface area contributed by atoms with E-state index in [2.05, 4.69) is 20.6 Å². The minimum Gasteiger partial charge on any atom is -0.337 e. The Balaban J connectivity index is 1.70. The molecule has 1 N–H and O–H groups in total. The summed E-state index contributed by atoms with van der Waals surface area (Å²) in [5.41, 5.74) is 0.763. The first kappa shape index (κ1) is 16.8. The Morgan fingerprint density at radius 2 is 2.04 bits per heavy atom. The highest BCUT2D eigenvalue weighted by atomic mass is 16.5. The fraction of sp³-hybridized carbons (Fsp3) is 0.474. The Labute approximate surface area is 151 Å². The Kier molecular flexibility index (Phi) is 4.22. The summed E-state index contributed by atoms with van der Waals surface area (Å²) in [7, 11) is 1.85. The molecule has 1 amide bonds. The summed E-state index contributed by atoms with van der Waals surface area (Å²) < 4.78 is 7.26. The summed E-state index contributed by atoms with van der Waals surface area (Å²) in [6.45, 7) is 1.99. The van der Waals surface area contributed by atoms with Crippen LogP contribution in [0, 0.1) is 0 Å². The van der Waals surface area contributed by atoms with E-state index in [4.69, 9.17) is 4.52 Å². The quantitative estimate of drug-likeness (QED) is 0.779. The number of benzene rings is 1. The molecule has 0 spiro atoms. The highest BCUT2D eigenvalue weighted by molar-refractivity contribution is 6.05.